The van der Waals surface area contributed by atoms with Gasteiger partial charge in [-0.3, -0.25) is 19.2 Å². The molecule has 0 radical (unpaired) electrons. The summed E-state index contributed by atoms with van der Waals surface area (Å²) in [6, 6.07) is 20.4. The fourth-order valence-electron chi connectivity index (χ4n) is 8.36. The summed E-state index contributed by atoms with van der Waals surface area (Å²) in [6.45, 7) is 1.52. The predicted octanol–water partition coefficient (Wildman–Crippen LogP) is 4.63. The number of anilines is 1. The first-order valence-electron chi connectivity index (χ1n) is 17.8. The van der Waals surface area contributed by atoms with Gasteiger partial charge in [-0.05, 0) is 36.1 Å². The van der Waals surface area contributed by atoms with Gasteiger partial charge in [0, 0.05) is 20.1 Å². The van der Waals surface area contributed by atoms with Crippen LogP contribution in [0.25, 0.3) is 0 Å². The number of allylic oxidation sites excluding steroid dienone is 1. The second-order valence-electron chi connectivity index (χ2n) is 13.8. The fourth-order valence-corrected chi connectivity index (χ4v) is 8.68. The molecule has 53 heavy (non-hydrogen) atoms. The van der Waals surface area contributed by atoms with Crippen LogP contribution in [-0.4, -0.2) is 84.4 Å². The zero-order valence-electron chi connectivity index (χ0n) is 29.5. The smallest absolute Gasteiger partial charge is 0.313 e. The largest absolute Gasteiger partial charge is 0.455 e. The number of amides is 3. The summed E-state index contributed by atoms with van der Waals surface area (Å²) in [4.78, 5) is 61.2. The third kappa shape index (κ3) is 6.56. The van der Waals surface area contributed by atoms with Crippen LogP contribution in [0, 0.1) is 18.8 Å². The molecule has 8 atom stereocenters. The van der Waals surface area contributed by atoms with E-state index in [4.69, 9.17) is 25.8 Å². The Bertz CT molecular complexity index is 1900. The number of aliphatic hydroxyl groups excluding tert-OH is 1. The molecule has 7 rings (SSSR count). The van der Waals surface area contributed by atoms with Crippen LogP contribution in [0.2, 0.25) is 5.02 Å². The van der Waals surface area contributed by atoms with E-state index in [0.717, 1.165) is 5.56 Å². The van der Waals surface area contributed by atoms with Crippen molar-refractivity contribution in [2.24, 2.45) is 11.8 Å². The zero-order chi connectivity index (χ0) is 37.3. The molecule has 2 N–H and O–H groups in total. The third-order valence-electron chi connectivity index (χ3n) is 10.6. The molecular weight excluding hydrogens is 698 g/mol. The third-order valence-corrected chi connectivity index (χ3v) is 11.0. The lowest BCUT2D eigenvalue weighted by atomic mass is 9.77. The molecule has 276 valence electrons. The number of aryl methyl sites for hydroxylation is 1. The number of rotatable bonds is 7. The highest BCUT2D eigenvalue weighted by Gasteiger charge is 2.73. The molecule has 3 aromatic carbocycles. The van der Waals surface area contributed by atoms with Crippen molar-refractivity contribution in [3.63, 3.8) is 0 Å². The second kappa shape index (κ2) is 15.3. The number of cyclic esters (lactones) is 1. The number of para-hydroxylation sites is 1. The predicted molar refractivity (Wildman–Crippen MR) is 197 cm³/mol. The number of benzene rings is 3. The Hall–Kier alpha value is -4.81. The van der Waals surface area contributed by atoms with Crippen molar-refractivity contribution in [3.8, 4) is 0 Å². The highest BCUT2D eigenvalue weighted by atomic mass is 35.5. The quantitative estimate of drug-likeness (QED) is 0.265. The summed E-state index contributed by atoms with van der Waals surface area (Å²) >= 11 is 6.73. The Balaban J connectivity index is 1.38. The van der Waals surface area contributed by atoms with Crippen LogP contribution in [-0.2, 0) is 33.4 Å². The first-order chi connectivity index (χ1) is 25.7. The number of halogens is 1. The molecule has 0 aliphatic carbocycles. The van der Waals surface area contributed by atoms with Gasteiger partial charge in [0.05, 0.1) is 48.0 Å². The molecule has 1 spiro atoms. The van der Waals surface area contributed by atoms with Gasteiger partial charge in [-0.2, -0.15) is 0 Å². The van der Waals surface area contributed by atoms with Gasteiger partial charge < -0.3 is 34.4 Å². The first-order valence-corrected chi connectivity index (χ1v) is 18.2. The molecular formula is C41H42ClN3O8. The number of esters is 1. The van der Waals surface area contributed by atoms with E-state index in [-0.39, 0.29) is 25.5 Å². The summed E-state index contributed by atoms with van der Waals surface area (Å²) in [5.41, 5.74) is 0.845. The molecule has 2 fully saturated rings. The van der Waals surface area contributed by atoms with Gasteiger partial charge in [0.25, 0.3) is 5.91 Å². The number of ether oxygens (including phenoxy) is 3. The van der Waals surface area contributed by atoms with Crippen LogP contribution in [0.1, 0.15) is 41.7 Å². The number of hydrogen-bond acceptors (Lipinski definition) is 8. The molecule has 0 unspecified atom stereocenters. The van der Waals surface area contributed by atoms with E-state index in [1.54, 1.807) is 85.0 Å². The lowest BCUT2D eigenvalue weighted by Crippen LogP contribution is -2.56. The number of nitrogens with one attached hydrogen (secondary N) is 1. The SMILES string of the molecule is COC[C@@H]1NC(=O)CC/C=C\[C@@H]2O[C@@]34C=CCN(c5c(C)cccc5Cl)C(=O)[C@@H]3N([C@H](CO)c3ccccc3)C(=O)[C@H]4[C@@H]2C(=O)O[C@H]1c1ccccc1. The number of methoxy groups -OCH3 is 1. The van der Waals surface area contributed by atoms with Crippen LogP contribution >= 0.6 is 11.6 Å². The molecule has 12 heteroatoms. The topological polar surface area (TPSA) is 135 Å². The average molecular weight is 740 g/mol. The molecule has 4 heterocycles. The number of carbonyl (C=O) groups excluding carboxylic acids is 4. The van der Waals surface area contributed by atoms with Gasteiger partial charge in [-0.1, -0.05) is 109 Å². The van der Waals surface area contributed by atoms with E-state index in [9.17, 15) is 14.7 Å². The second-order valence-corrected chi connectivity index (χ2v) is 14.2. The zero-order valence-corrected chi connectivity index (χ0v) is 30.2. The molecule has 3 aromatic rings. The highest BCUT2D eigenvalue weighted by Crippen LogP contribution is 2.55. The van der Waals surface area contributed by atoms with E-state index < -0.39 is 72.2 Å². The molecule has 4 aliphatic heterocycles. The molecule has 2 saturated heterocycles. The maximum atomic E-state index is 15.2. The Labute approximate surface area is 313 Å². The number of carbonyl (C=O) groups is 4. The first kappa shape index (κ1) is 36.5. The highest BCUT2D eigenvalue weighted by molar-refractivity contribution is 6.34. The minimum absolute atomic E-state index is 0.0466. The molecule has 0 saturated carbocycles. The maximum absolute atomic E-state index is 15.2. The monoisotopic (exact) mass is 739 g/mol. The Morgan fingerprint density at radius 1 is 0.981 bits per heavy atom. The van der Waals surface area contributed by atoms with Gasteiger partial charge in [-0.25, -0.2) is 0 Å². The van der Waals surface area contributed by atoms with Crippen molar-refractivity contribution in [2.45, 2.75) is 55.7 Å². The van der Waals surface area contributed by atoms with E-state index in [2.05, 4.69) is 5.32 Å². The summed E-state index contributed by atoms with van der Waals surface area (Å²) in [5.74, 6) is -4.39. The number of likely N-dealkylation sites (tertiary alicyclic amines) is 1. The number of fused-ring (bicyclic) bond motifs is 2. The van der Waals surface area contributed by atoms with Crippen molar-refractivity contribution in [1.82, 2.24) is 10.2 Å². The van der Waals surface area contributed by atoms with E-state index in [1.807, 2.05) is 25.1 Å². The molecule has 0 aromatic heterocycles. The van der Waals surface area contributed by atoms with Gasteiger partial charge >= 0.3 is 5.97 Å². The number of nitrogens with zero attached hydrogens (tertiary/aromatic N) is 2. The molecule has 3 amide bonds. The van der Waals surface area contributed by atoms with Crippen LogP contribution in [0.5, 0.6) is 0 Å². The molecule has 0 bridgehead atoms. The lowest BCUT2D eigenvalue weighted by Gasteiger charge is -2.39. The minimum Gasteiger partial charge on any atom is -0.455 e. The van der Waals surface area contributed by atoms with Gasteiger partial charge in [0.1, 0.15) is 23.7 Å². The fraction of sp³-hybridized carbons (Fsp3) is 0.366. The van der Waals surface area contributed by atoms with Crippen LogP contribution in [0.3, 0.4) is 0 Å². The standard InChI is InChI=1S/C41H42ClN3O8/c1-25-13-11-18-28(42)35(25)44-22-12-21-41-34(38(48)45(37(41)39(44)49)30(23-46)26-14-5-3-6-15-26)33-31(53-41)19-9-10-20-32(47)43-29(24-51-2)36(52-40(33)50)27-16-7-4-8-17-27/h3-9,11-19,21,29-31,33-34,36-37,46H,10,20,22-24H2,1-2H3,(H,43,47)/b19-9-/t29-,30+,31-,33+,34+,36-,37-,41+/m0/s1. The summed E-state index contributed by atoms with van der Waals surface area (Å²) < 4.78 is 18.7. The van der Waals surface area contributed by atoms with Crippen molar-refractivity contribution >= 4 is 41.0 Å². The van der Waals surface area contributed by atoms with E-state index in [1.165, 1.54) is 16.9 Å². The van der Waals surface area contributed by atoms with Crippen molar-refractivity contribution in [1.29, 1.82) is 0 Å². The van der Waals surface area contributed by atoms with Gasteiger partial charge in [-0.15, -0.1) is 0 Å². The Morgan fingerprint density at radius 2 is 1.72 bits per heavy atom. The lowest BCUT2D eigenvalue weighted by molar-refractivity contribution is -0.162. The summed E-state index contributed by atoms with van der Waals surface area (Å²) in [6.07, 6.45) is 5.45. The Morgan fingerprint density at radius 3 is 2.42 bits per heavy atom. The van der Waals surface area contributed by atoms with Crippen LogP contribution in [0.15, 0.2) is 103 Å². The van der Waals surface area contributed by atoms with Crippen molar-refractivity contribution in [3.05, 3.63) is 125 Å². The Kier molecular flexibility index (Phi) is 10.5. The summed E-state index contributed by atoms with van der Waals surface area (Å²) in [7, 11) is 1.50. The van der Waals surface area contributed by atoms with Crippen molar-refractivity contribution in [2.75, 3.05) is 31.8 Å². The maximum Gasteiger partial charge on any atom is 0.313 e. The van der Waals surface area contributed by atoms with Crippen molar-refractivity contribution < 1.29 is 38.5 Å². The van der Waals surface area contributed by atoms with Crippen LogP contribution in [0.4, 0.5) is 5.69 Å². The van der Waals surface area contributed by atoms with Gasteiger partial charge in [0.15, 0.2) is 0 Å². The minimum atomic E-state index is -1.64. The molecule has 4 aliphatic rings. The van der Waals surface area contributed by atoms with Crippen LogP contribution < -0.4 is 10.2 Å². The number of aliphatic hydroxyl groups is 1. The normalized spacial score (nSPS) is 29.9. The summed E-state index contributed by atoms with van der Waals surface area (Å²) in [5, 5.41) is 14.3. The van der Waals surface area contributed by atoms with E-state index in [0.29, 0.717) is 28.3 Å². The molecule has 11 nitrogen and oxygen atoms in total. The average Bonchev–Trinajstić information content (AvgIpc) is 3.54. The van der Waals surface area contributed by atoms with E-state index >= 15 is 9.59 Å². The number of hydrogen-bond donors (Lipinski definition) is 2. The van der Waals surface area contributed by atoms with Gasteiger partial charge in [0.2, 0.25) is 11.8 Å².